The summed E-state index contributed by atoms with van der Waals surface area (Å²) in [6, 6.07) is 12.5. The molecule has 1 unspecified atom stereocenters. The second-order valence-electron chi connectivity index (χ2n) is 3.97. The fraction of sp³-hybridized carbons (Fsp3) is 0.308. The lowest BCUT2D eigenvalue weighted by Gasteiger charge is -2.19. The first-order chi connectivity index (χ1) is 8.33. The van der Waals surface area contributed by atoms with Gasteiger partial charge in [-0.1, -0.05) is 30.3 Å². The van der Waals surface area contributed by atoms with Gasteiger partial charge in [-0.2, -0.15) is 5.10 Å². The van der Waals surface area contributed by atoms with Gasteiger partial charge >= 0.3 is 0 Å². The van der Waals surface area contributed by atoms with E-state index >= 15 is 0 Å². The Bertz CT molecular complexity index is 449. The SMILES string of the molecule is Cn1nccc1C(NCCN)c1ccccc1. The molecular formula is C13H18N4. The highest BCUT2D eigenvalue weighted by molar-refractivity contribution is 5.27. The van der Waals surface area contributed by atoms with Gasteiger partial charge in [0.1, 0.15) is 0 Å². The minimum absolute atomic E-state index is 0.146. The van der Waals surface area contributed by atoms with Crippen LogP contribution in [-0.4, -0.2) is 22.9 Å². The van der Waals surface area contributed by atoms with Crippen molar-refractivity contribution >= 4 is 0 Å². The highest BCUT2D eigenvalue weighted by Gasteiger charge is 2.15. The lowest BCUT2D eigenvalue weighted by molar-refractivity contribution is 0.562. The summed E-state index contributed by atoms with van der Waals surface area (Å²) in [5, 5.41) is 7.66. The van der Waals surface area contributed by atoms with Crippen molar-refractivity contribution in [2.75, 3.05) is 13.1 Å². The van der Waals surface area contributed by atoms with Gasteiger partial charge in [-0.05, 0) is 11.6 Å². The van der Waals surface area contributed by atoms with Crippen LogP contribution >= 0.6 is 0 Å². The van der Waals surface area contributed by atoms with E-state index in [1.807, 2.05) is 42.2 Å². The highest BCUT2D eigenvalue weighted by Crippen LogP contribution is 2.20. The van der Waals surface area contributed by atoms with Crippen molar-refractivity contribution in [3.63, 3.8) is 0 Å². The third kappa shape index (κ3) is 2.72. The standard InChI is InChI=1S/C13H18N4/c1-17-12(7-9-16-17)13(15-10-8-14)11-5-3-2-4-6-11/h2-7,9,13,15H,8,10,14H2,1H3. The Labute approximate surface area is 101 Å². The van der Waals surface area contributed by atoms with Gasteiger partial charge < -0.3 is 11.1 Å². The zero-order chi connectivity index (χ0) is 12.1. The lowest BCUT2D eigenvalue weighted by Crippen LogP contribution is -2.29. The summed E-state index contributed by atoms with van der Waals surface area (Å²) in [7, 11) is 1.95. The lowest BCUT2D eigenvalue weighted by atomic mass is 10.0. The number of hydrogen-bond donors (Lipinski definition) is 2. The maximum atomic E-state index is 5.56. The Kier molecular flexibility index (Phi) is 3.90. The number of hydrogen-bond acceptors (Lipinski definition) is 3. The molecule has 0 aliphatic heterocycles. The van der Waals surface area contributed by atoms with E-state index in [1.54, 1.807) is 0 Å². The number of nitrogens with zero attached hydrogens (tertiary/aromatic N) is 2. The van der Waals surface area contributed by atoms with Crippen LogP contribution in [0.1, 0.15) is 17.3 Å². The fourth-order valence-corrected chi connectivity index (χ4v) is 1.93. The third-order valence-electron chi connectivity index (χ3n) is 2.78. The van der Waals surface area contributed by atoms with Crippen molar-refractivity contribution in [1.29, 1.82) is 0 Å². The first-order valence-electron chi connectivity index (χ1n) is 5.79. The van der Waals surface area contributed by atoms with Crippen LogP contribution in [0.25, 0.3) is 0 Å². The van der Waals surface area contributed by atoms with Crippen molar-refractivity contribution in [1.82, 2.24) is 15.1 Å². The molecule has 0 saturated carbocycles. The molecule has 1 heterocycles. The van der Waals surface area contributed by atoms with E-state index in [-0.39, 0.29) is 6.04 Å². The third-order valence-corrected chi connectivity index (χ3v) is 2.78. The average Bonchev–Trinajstić information content (AvgIpc) is 2.78. The minimum Gasteiger partial charge on any atom is -0.329 e. The Morgan fingerprint density at radius 2 is 2.06 bits per heavy atom. The molecule has 1 atom stereocenters. The van der Waals surface area contributed by atoms with E-state index < -0.39 is 0 Å². The first kappa shape index (κ1) is 11.8. The Balaban J connectivity index is 2.29. The van der Waals surface area contributed by atoms with Crippen LogP contribution in [0.15, 0.2) is 42.6 Å². The monoisotopic (exact) mass is 230 g/mol. The van der Waals surface area contributed by atoms with E-state index in [0.717, 1.165) is 12.2 Å². The average molecular weight is 230 g/mol. The van der Waals surface area contributed by atoms with Crippen molar-refractivity contribution in [2.24, 2.45) is 12.8 Å². The van der Waals surface area contributed by atoms with Crippen LogP contribution in [0, 0.1) is 0 Å². The fourth-order valence-electron chi connectivity index (χ4n) is 1.93. The van der Waals surface area contributed by atoms with Crippen LogP contribution < -0.4 is 11.1 Å². The number of nitrogens with one attached hydrogen (secondary N) is 1. The van der Waals surface area contributed by atoms with Crippen LogP contribution in [0.2, 0.25) is 0 Å². The van der Waals surface area contributed by atoms with Gasteiger partial charge in [-0.25, -0.2) is 0 Å². The number of aryl methyl sites for hydroxylation is 1. The Morgan fingerprint density at radius 1 is 1.29 bits per heavy atom. The summed E-state index contributed by atoms with van der Waals surface area (Å²) in [4.78, 5) is 0. The largest absolute Gasteiger partial charge is 0.329 e. The molecule has 2 aromatic rings. The van der Waals surface area contributed by atoms with E-state index in [9.17, 15) is 0 Å². The zero-order valence-electron chi connectivity index (χ0n) is 10.0. The Hall–Kier alpha value is -1.65. The van der Waals surface area contributed by atoms with Crippen LogP contribution in [0.5, 0.6) is 0 Å². The molecule has 1 aromatic heterocycles. The normalized spacial score (nSPS) is 12.6. The number of benzene rings is 1. The maximum Gasteiger partial charge on any atom is 0.0748 e. The Morgan fingerprint density at radius 3 is 2.65 bits per heavy atom. The maximum absolute atomic E-state index is 5.56. The second-order valence-corrected chi connectivity index (χ2v) is 3.97. The molecule has 0 bridgehead atoms. The molecule has 0 aliphatic rings. The van der Waals surface area contributed by atoms with E-state index in [4.69, 9.17) is 5.73 Å². The van der Waals surface area contributed by atoms with Gasteiger partial charge in [0.2, 0.25) is 0 Å². The van der Waals surface area contributed by atoms with Crippen molar-refractivity contribution in [2.45, 2.75) is 6.04 Å². The first-order valence-corrected chi connectivity index (χ1v) is 5.79. The smallest absolute Gasteiger partial charge is 0.0748 e. The molecule has 0 aliphatic carbocycles. The van der Waals surface area contributed by atoms with Gasteiger partial charge in [0.05, 0.1) is 11.7 Å². The van der Waals surface area contributed by atoms with E-state index in [0.29, 0.717) is 6.54 Å². The van der Waals surface area contributed by atoms with Gasteiger partial charge in [0.15, 0.2) is 0 Å². The molecule has 4 nitrogen and oxygen atoms in total. The molecule has 4 heteroatoms. The summed E-state index contributed by atoms with van der Waals surface area (Å²) in [6.45, 7) is 1.41. The van der Waals surface area contributed by atoms with Crippen molar-refractivity contribution < 1.29 is 0 Å². The molecule has 90 valence electrons. The quantitative estimate of drug-likeness (QED) is 0.807. The highest BCUT2D eigenvalue weighted by atomic mass is 15.3. The molecule has 0 radical (unpaired) electrons. The molecular weight excluding hydrogens is 212 g/mol. The molecule has 17 heavy (non-hydrogen) atoms. The number of rotatable bonds is 5. The van der Waals surface area contributed by atoms with Gasteiger partial charge in [0.25, 0.3) is 0 Å². The van der Waals surface area contributed by atoms with E-state index in [1.165, 1.54) is 5.56 Å². The van der Waals surface area contributed by atoms with E-state index in [2.05, 4.69) is 22.5 Å². The summed E-state index contributed by atoms with van der Waals surface area (Å²) in [5.74, 6) is 0. The van der Waals surface area contributed by atoms with Gasteiger partial charge in [-0.15, -0.1) is 0 Å². The van der Waals surface area contributed by atoms with Crippen LogP contribution in [0.4, 0.5) is 0 Å². The number of aromatic nitrogens is 2. The molecule has 0 fully saturated rings. The molecule has 0 spiro atoms. The predicted molar refractivity (Wildman–Crippen MR) is 68.6 cm³/mol. The summed E-state index contributed by atoms with van der Waals surface area (Å²) < 4.78 is 1.89. The second kappa shape index (κ2) is 5.61. The van der Waals surface area contributed by atoms with Crippen molar-refractivity contribution in [3.8, 4) is 0 Å². The topological polar surface area (TPSA) is 55.9 Å². The van der Waals surface area contributed by atoms with Gasteiger partial charge in [0, 0.05) is 26.3 Å². The summed E-state index contributed by atoms with van der Waals surface area (Å²) in [5.41, 5.74) is 7.93. The van der Waals surface area contributed by atoms with Crippen molar-refractivity contribution in [3.05, 3.63) is 53.9 Å². The molecule has 0 amide bonds. The molecule has 2 rings (SSSR count). The zero-order valence-corrected chi connectivity index (χ0v) is 10.0. The molecule has 0 saturated heterocycles. The summed E-state index contributed by atoms with van der Waals surface area (Å²) in [6.07, 6.45) is 1.81. The summed E-state index contributed by atoms with van der Waals surface area (Å²) >= 11 is 0. The molecule has 1 aromatic carbocycles. The minimum atomic E-state index is 0.146. The predicted octanol–water partition coefficient (Wildman–Crippen LogP) is 1.06. The number of nitrogens with two attached hydrogens (primary N) is 1. The van der Waals surface area contributed by atoms with Gasteiger partial charge in [-0.3, -0.25) is 4.68 Å². The van der Waals surface area contributed by atoms with Crippen LogP contribution in [-0.2, 0) is 7.05 Å². The molecule has 3 N–H and O–H groups in total. The van der Waals surface area contributed by atoms with Crippen LogP contribution in [0.3, 0.4) is 0 Å².